The number of nitrogens with one attached hydrogen (secondary N) is 1. The van der Waals surface area contributed by atoms with Crippen LogP contribution >= 0.6 is 23.2 Å². The van der Waals surface area contributed by atoms with Gasteiger partial charge >= 0.3 is 0 Å². The minimum atomic E-state index is -0.348. The highest BCUT2D eigenvalue weighted by Gasteiger charge is 2.10. The number of amides is 1. The number of benzene rings is 2. The molecule has 2 N–H and O–H groups in total. The van der Waals surface area contributed by atoms with Crippen LogP contribution in [0.3, 0.4) is 0 Å². The molecule has 0 spiro atoms. The van der Waals surface area contributed by atoms with Gasteiger partial charge in [-0.2, -0.15) is 0 Å². The zero-order chi connectivity index (χ0) is 16.3. The van der Waals surface area contributed by atoms with Crippen molar-refractivity contribution in [3.63, 3.8) is 0 Å². The Morgan fingerprint density at radius 3 is 2.50 bits per heavy atom. The summed E-state index contributed by atoms with van der Waals surface area (Å²) in [5.41, 5.74) is 2.48. The number of phenols is 1. The summed E-state index contributed by atoms with van der Waals surface area (Å²) in [4.78, 5) is 11.9. The maximum Gasteiger partial charge on any atom is 0.262 e. The second-order valence-corrected chi connectivity index (χ2v) is 5.64. The summed E-state index contributed by atoms with van der Waals surface area (Å²) >= 11 is 11.6. The molecule has 0 unspecified atom stereocenters. The van der Waals surface area contributed by atoms with Crippen LogP contribution in [-0.2, 0) is 4.79 Å². The van der Waals surface area contributed by atoms with E-state index in [9.17, 15) is 9.90 Å². The number of ether oxygens (including phenoxy) is 1. The fraction of sp³-hybridized carbons (Fsp3) is 0.188. The van der Waals surface area contributed by atoms with Crippen molar-refractivity contribution < 1.29 is 14.6 Å². The van der Waals surface area contributed by atoms with Gasteiger partial charge in [-0.1, -0.05) is 35.3 Å². The lowest BCUT2D eigenvalue weighted by molar-refractivity contribution is -0.118. The first-order chi connectivity index (χ1) is 10.4. The van der Waals surface area contributed by atoms with E-state index in [1.54, 1.807) is 0 Å². The highest BCUT2D eigenvalue weighted by atomic mass is 35.5. The Balaban J connectivity index is 2.00. The Labute approximate surface area is 138 Å². The molecule has 1 amide bonds. The van der Waals surface area contributed by atoms with Gasteiger partial charge in [0.15, 0.2) is 12.4 Å². The number of rotatable bonds is 4. The Kier molecular flexibility index (Phi) is 5.16. The first kappa shape index (κ1) is 16.5. The van der Waals surface area contributed by atoms with Crippen molar-refractivity contribution in [3.8, 4) is 11.5 Å². The van der Waals surface area contributed by atoms with E-state index in [1.165, 1.54) is 12.1 Å². The SMILES string of the molecule is Cc1cccc(OCC(=O)Nc2cc(Cl)c(O)c(Cl)c2)c1C. The second kappa shape index (κ2) is 6.90. The van der Waals surface area contributed by atoms with Gasteiger partial charge in [0.25, 0.3) is 5.91 Å². The van der Waals surface area contributed by atoms with Crippen LogP contribution in [0, 0.1) is 13.8 Å². The molecule has 0 aromatic heterocycles. The van der Waals surface area contributed by atoms with Gasteiger partial charge in [-0.25, -0.2) is 0 Å². The van der Waals surface area contributed by atoms with E-state index >= 15 is 0 Å². The number of halogens is 2. The number of aromatic hydroxyl groups is 1. The van der Waals surface area contributed by atoms with Crippen LogP contribution in [0.5, 0.6) is 11.5 Å². The van der Waals surface area contributed by atoms with Gasteiger partial charge in [-0.05, 0) is 43.2 Å². The van der Waals surface area contributed by atoms with Gasteiger partial charge < -0.3 is 15.2 Å². The third kappa shape index (κ3) is 3.84. The maximum absolute atomic E-state index is 11.9. The van der Waals surface area contributed by atoms with E-state index in [0.717, 1.165) is 11.1 Å². The van der Waals surface area contributed by atoms with Gasteiger partial charge in [0.05, 0.1) is 10.0 Å². The van der Waals surface area contributed by atoms with E-state index < -0.39 is 0 Å². The number of aryl methyl sites for hydroxylation is 1. The fourth-order valence-electron chi connectivity index (χ4n) is 1.86. The monoisotopic (exact) mass is 339 g/mol. The van der Waals surface area contributed by atoms with Gasteiger partial charge in [-0.15, -0.1) is 0 Å². The van der Waals surface area contributed by atoms with Crippen molar-refractivity contribution in [2.75, 3.05) is 11.9 Å². The summed E-state index contributed by atoms with van der Waals surface area (Å²) < 4.78 is 5.51. The van der Waals surface area contributed by atoms with Crippen molar-refractivity contribution >= 4 is 34.8 Å². The molecule has 2 aromatic rings. The third-order valence-electron chi connectivity index (χ3n) is 3.21. The quantitative estimate of drug-likeness (QED) is 0.815. The Bertz CT molecular complexity index is 694. The Hall–Kier alpha value is -1.91. The molecule has 2 aromatic carbocycles. The molecular formula is C16H15Cl2NO3. The van der Waals surface area contributed by atoms with Gasteiger partial charge in [-0.3, -0.25) is 4.79 Å². The highest BCUT2D eigenvalue weighted by molar-refractivity contribution is 6.37. The van der Waals surface area contributed by atoms with E-state index in [4.69, 9.17) is 27.9 Å². The van der Waals surface area contributed by atoms with E-state index in [2.05, 4.69) is 5.32 Å². The van der Waals surface area contributed by atoms with Crippen molar-refractivity contribution in [1.82, 2.24) is 0 Å². The lowest BCUT2D eigenvalue weighted by atomic mass is 10.1. The predicted octanol–water partition coefficient (Wildman–Crippen LogP) is 4.33. The summed E-state index contributed by atoms with van der Waals surface area (Å²) in [7, 11) is 0. The second-order valence-electron chi connectivity index (χ2n) is 4.82. The van der Waals surface area contributed by atoms with Crippen molar-refractivity contribution in [2.24, 2.45) is 0 Å². The first-order valence-electron chi connectivity index (χ1n) is 6.55. The number of hydrogen-bond donors (Lipinski definition) is 2. The highest BCUT2D eigenvalue weighted by Crippen LogP contribution is 2.34. The topological polar surface area (TPSA) is 58.6 Å². The number of anilines is 1. The standard InChI is InChI=1S/C16H15Cl2NO3/c1-9-4-3-5-14(10(9)2)22-8-15(20)19-11-6-12(17)16(21)13(18)7-11/h3-7,21H,8H2,1-2H3,(H,19,20). The first-order valence-corrected chi connectivity index (χ1v) is 7.31. The summed E-state index contributed by atoms with van der Waals surface area (Å²) in [5.74, 6) is 0.101. The number of hydrogen-bond acceptors (Lipinski definition) is 3. The van der Waals surface area contributed by atoms with Crippen LogP contribution in [0.1, 0.15) is 11.1 Å². The zero-order valence-electron chi connectivity index (χ0n) is 12.1. The number of carbonyl (C=O) groups is 1. The van der Waals surface area contributed by atoms with Crippen LogP contribution in [-0.4, -0.2) is 17.6 Å². The lowest BCUT2D eigenvalue weighted by Gasteiger charge is -2.11. The number of phenolic OH excluding ortho intramolecular Hbond substituents is 1. The van der Waals surface area contributed by atoms with Crippen LogP contribution < -0.4 is 10.1 Å². The molecule has 0 fully saturated rings. The average molecular weight is 340 g/mol. The molecule has 2 rings (SSSR count). The zero-order valence-corrected chi connectivity index (χ0v) is 13.6. The van der Waals surface area contributed by atoms with Gasteiger partial charge in [0.1, 0.15) is 5.75 Å². The molecule has 0 aliphatic heterocycles. The van der Waals surface area contributed by atoms with E-state index in [-0.39, 0.29) is 28.3 Å². The molecule has 0 saturated carbocycles. The molecule has 0 saturated heterocycles. The molecule has 22 heavy (non-hydrogen) atoms. The summed E-state index contributed by atoms with van der Waals surface area (Å²) in [5, 5.41) is 12.2. The van der Waals surface area contributed by atoms with Gasteiger partial charge in [0.2, 0.25) is 0 Å². The fourth-order valence-corrected chi connectivity index (χ4v) is 2.35. The van der Waals surface area contributed by atoms with Crippen LogP contribution in [0.15, 0.2) is 30.3 Å². The molecule has 4 nitrogen and oxygen atoms in total. The van der Waals surface area contributed by atoms with Gasteiger partial charge in [0, 0.05) is 5.69 Å². The Morgan fingerprint density at radius 2 is 1.86 bits per heavy atom. The molecule has 0 bridgehead atoms. The molecule has 0 aliphatic carbocycles. The smallest absolute Gasteiger partial charge is 0.262 e. The van der Waals surface area contributed by atoms with Crippen molar-refractivity contribution in [3.05, 3.63) is 51.5 Å². The largest absolute Gasteiger partial charge is 0.505 e. The van der Waals surface area contributed by atoms with Crippen LogP contribution in [0.25, 0.3) is 0 Å². The third-order valence-corrected chi connectivity index (χ3v) is 3.79. The maximum atomic E-state index is 11.9. The molecular weight excluding hydrogens is 325 g/mol. The molecule has 0 heterocycles. The molecule has 6 heteroatoms. The lowest BCUT2D eigenvalue weighted by Crippen LogP contribution is -2.20. The normalized spacial score (nSPS) is 10.4. The molecule has 116 valence electrons. The Morgan fingerprint density at radius 1 is 1.23 bits per heavy atom. The van der Waals surface area contributed by atoms with E-state index in [1.807, 2.05) is 32.0 Å². The van der Waals surface area contributed by atoms with Crippen molar-refractivity contribution in [2.45, 2.75) is 13.8 Å². The number of carbonyl (C=O) groups excluding carboxylic acids is 1. The van der Waals surface area contributed by atoms with E-state index in [0.29, 0.717) is 11.4 Å². The molecule has 0 radical (unpaired) electrons. The van der Waals surface area contributed by atoms with Crippen LogP contribution in [0.2, 0.25) is 10.0 Å². The summed E-state index contributed by atoms with van der Waals surface area (Å²) in [6, 6.07) is 8.48. The van der Waals surface area contributed by atoms with Crippen LogP contribution in [0.4, 0.5) is 5.69 Å². The molecule has 0 atom stereocenters. The predicted molar refractivity (Wildman–Crippen MR) is 88.2 cm³/mol. The minimum absolute atomic E-state index is 0.0678. The summed E-state index contributed by atoms with van der Waals surface area (Å²) in [6.07, 6.45) is 0. The molecule has 0 aliphatic rings. The average Bonchev–Trinajstić information content (AvgIpc) is 2.46. The summed E-state index contributed by atoms with van der Waals surface area (Å²) in [6.45, 7) is 3.77. The van der Waals surface area contributed by atoms with Crippen molar-refractivity contribution in [1.29, 1.82) is 0 Å². The minimum Gasteiger partial charge on any atom is -0.505 e.